The number of rotatable bonds is 2. The van der Waals surface area contributed by atoms with E-state index in [1.807, 2.05) is 0 Å². The molecular formula is C12H16OS. The number of Topliss-reactive ketones (excluding diaryl/α,β-unsaturated/α-hetero) is 1. The second-order valence-corrected chi connectivity index (χ2v) is 4.97. The van der Waals surface area contributed by atoms with Gasteiger partial charge in [-0.05, 0) is 47.6 Å². The van der Waals surface area contributed by atoms with Crippen LogP contribution in [0.5, 0.6) is 0 Å². The van der Waals surface area contributed by atoms with Crippen molar-refractivity contribution in [1.82, 2.24) is 0 Å². The van der Waals surface area contributed by atoms with Gasteiger partial charge in [0.05, 0.1) is 0 Å². The Balaban J connectivity index is 1.93. The van der Waals surface area contributed by atoms with Gasteiger partial charge in [-0.1, -0.05) is 6.42 Å². The highest BCUT2D eigenvalue weighted by molar-refractivity contribution is 7.07. The molecule has 1 heterocycles. The summed E-state index contributed by atoms with van der Waals surface area (Å²) >= 11 is 1.75. The number of carbonyl (C=O) groups is 1. The molecule has 2 heteroatoms. The average Bonchev–Trinajstić information content (AvgIpc) is 2.56. The molecule has 1 atom stereocenters. The van der Waals surface area contributed by atoms with Crippen LogP contribution in [0.25, 0.3) is 0 Å². The third-order valence-corrected chi connectivity index (χ3v) is 3.67. The first kappa shape index (κ1) is 9.91. The summed E-state index contributed by atoms with van der Waals surface area (Å²) in [5.41, 5.74) is 1.41. The van der Waals surface area contributed by atoms with E-state index in [2.05, 4.69) is 16.8 Å². The molecule has 2 rings (SSSR count). The molecular weight excluding hydrogens is 192 g/mol. The second kappa shape index (κ2) is 4.74. The van der Waals surface area contributed by atoms with Gasteiger partial charge in [-0.25, -0.2) is 0 Å². The number of ketones is 1. The Morgan fingerprint density at radius 3 is 3.14 bits per heavy atom. The van der Waals surface area contributed by atoms with Crippen LogP contribution in [0.2, 0.25) is 0 Å². The standard InChI is InChI=1S/C12H16OS/c13-12-4-2-1-3-10(8-12)7-11-5-6-14-9-11/h5-6,9-10H,1-4,7-8H2. The first-order valence-corrected chi connectivity index (χ1v) is 6.31. The maximum atomic E-state index is 11.4. The molecule has 1 aliphatic carbocycles. The summed E-state index contributed by atoms with van der Waals surface area (Å²) < 4.78 is 0. The summed E-state index contributed by atoms with van der Waals surface area (Å²) in [4.78, 5) is 11.4. The molecule has 0 amide bonds. The molecule has 1 aromatic rings. The Morgan fingerprint density at radius 2 is 2.36 bits per heavy atom. The average molecular weight is 208 g/mol. The van der Waals surface area contributed by atoms with Crippen molar-refractivity contribution in [3.05, 3.63) is 22.4 Å². The fourth-order valence-corrected chi connectivity index (χ4v) is 2.88. The van der Waals surface area contributed by atoms with Crippen molar-refractivity contribution in [3.63, 3.8) is 0 Å². The third-order valence-electron chi connectivity index (χ3n) is 2.94. The number of hydrogen-bond acceptors (Lipinski definition) is 2. The molecule has 1 unspecified atom stereocenters. The predicted octanol–water partition coefficient (Wildman–Crippen LogP) is 3.44. The van der Waals surface area contributed by atoms with E-state index in [0.29, 0.717) is 11.7 Å². The van der Waals surface area contributed by atoms with Gasteiger partial charge in [-0.2, -0.15) is 11.3 Å². The van der Waals surface area contributed by atoms with E-state index in [0.717, 1.165) is 25.7 Å². The van der Waals surface area contributed by atoms with Crippen LogP contribution in [0.4, 0.5) is 0 Å². The molecule has 76 valence electrons. The van der Waals surface area contributed by atoms with Crippen molar-refractivity contribution >= 4 is 17.1 Å². The van der Waals surface area contributed by atoms with Crippen LogP contribution in [0.15, 0.2) is 16.8 Å². The van der Waals surface area contributed by atoms with Crippen molar-refractivity contribution in [2.24, 2.45) is 5.92 Å². The first-order valence-electron chi connectivity index (χ1n) is 5.37. The summed E-state index contributed by atoms with van der Waals surface area (Å²) in [6.45, 7) is 0. The summed E-state index contributed by atoms with van der Waals surface area (Å²) in [6, 6.07) is 2.18. The van der Waals surface area contributed by atoms with Crippen molar-refractivity contribution in [3.8, 4) is 0 Å². The van der Waals surface area contributed by atoms with Gasteiger partial charge in [-0.15, -0.1) is 0 Å². The predicted molar refractivity (Wildman–Crippen MR) is 59.6 cm³/mol. The van der Waals surface area contributed by atoms with E-state index in [-0.39, 0.29) is 0 Å². The summed E-state index contributed by atoms with van der Waals surface area (Å²) in [5, 5.41) is 4.32. The SMILES string of the molecule is O=C1CCCCC(Cc2ccsc2)C1. The van der Waals surface area contributed by atoms with Gasteiger partial charge < -0.3 is 0 Å². The lowest BCUT2D eigenvalue weighted by Gasteiger charge is -2.11. The minimum absolute atomic E-state index is 0.475. The molecule has 0 radical (unpaired) electrons. The topological polar surface area (TPSA) is 17.1 Å². The Kier molecular flexibility index (Phi) is 3.35. The van der Waals surface area contributed by atoms with E-state index >= 15 is 0 Å². The zero-order chi connectivity index (χ0) is 9.80. The molecule has 1 saturated carbocycles. The van der Waals surface area contributed by atoms with Crippen LogP contribution in [-0.4, -0.2) is 5.78 Å². The molecule has 0 aromatic carbocycles. The molecule has 0 N–H and O–H groups in total. The van der Waals surface area contributed by atoms with Crippen LogP contribution in [0, 0.1) is 5.92 Å². The maximum absolute atomic E-state index is 11.4. The lowest BCUT2D eigenvalue weighted by Crippen LogP contribution is -2.07. The van der Waals surface area contributed by atoms with E-state index in [1.54, 1.807) is 11.3 Å². The normalized spacial score (nSPS) is 23.4. The largest absolute Gasteiger partial charge is 0.300 e. The van der Waals surface area contributed by atoms with Crippen LogP contribution in [0.1, 0.15) is 37.7 Å². The number of carbonyl (C=O) groups excluding carboxylic acids is 1. The highest BCUT2D eigenvalue weighted by Gasteiger charge is 2.17. The fourth-order valence-electron chi connectivity index (χ4n) is 2.20. The number of thiophene rings is 1. The van der Waals surface area contributed by atoms with Crippen LogP contribution >= 0.6 is 11.3 Å². The van der Waals surface area contributed by atoms with Crippen molar-refractivity contribution in [2.45, 2.75) is 38.5 Å². The van der Waals surface area contributed by atoms with Crippen LogP contribution in [-0.2, 0) is 11.2 Å². The molecule has 0 saturated heterocycles. The minimum Gasteiger partial charge on any atom is -0.300 e. The van der Waals surface area contributed by atoms with E-state index in [9.17, 15) is 4.79 Å². The highest BCUT2D eigenvalue weighted by atomic mass is 32.1. The first-order chi connectivity index (χ1) is 6.84. The van der Waals surface area contributed by atoms with Gasteiger partial charge in [-0.3, -0.25) is 4.79 Å². The summed E-state index contributed by atoms with van der Waals surface area (Å²) in [5.74, 6) is 1.09. The van der Waals surface area contributed by atoms with Crippen molar-refractivity contribution in [2.75, 3.05) is 0 Å². The Labute approximate surface area is 89.1 Å². The van der Waals surface area contributed by atoms with E-state index in [1.165, 1.54) is 18.4 Å². The smallest absolute Gasteiger partial charge is 0.133 e. The Morgan fingerprint density at radius 1 is 1.43 bits per heavy atom. The van der Waals surface area contributed by atoms with Gasteiger partial charge >= 0.3 is 0 Å². The van der Waals surface area contributed by atoms with Gasteiger partial charge in [0.1, 0.15) is 5.78 Å². The molecule has 0 aliphatic heterocycles. The van der Waals surface area contributed by atoms with Crippen LogP contribution in [0.3, 0.4) is 0 Å². The molecule has 1 fully saturated rings. The third kappa shape index (κ3) is 2.68. The van der Waals surface area contributed by atoms with Crippen molar-refractivity contribution < 1.29 is 4.79 Å². The molecule has 14 heavy (non-hydrogen) atoms. The van der Waals surface area contributed by atoms with Crippen molar-refractivity contribution in [1.29, 1.82) is 0 Å². The lowest BCUT2D eigenvalue weighted by molar-refractivity contribution is -0.119. The zero-order valence-electron chi connectivity index (χ0n) is 8.37. The van der Waals surface area contributed by atoms with Crippen LogP contribution < -0.4 is 0 Å². The minimum atomic E-state index is 0.475. The van der Waals surface area contributed by atoms with Gasteiger partial charge in [0.15, 0.2) is 0 Å². The molecule has 1 nitrogen and oxygen atoms in total. The monoisotopic (exact) mass is 208 g/mol. The maximum Gasteiger partial charge on any atom is 0.133 e. The molecule has 1 aliphatic rings. The van der Waals surface area contributed by atoms with Gasteiger partial charge in [0.2, 0.25) is 0 Å². The summed E-state index contributed by atoms with van der Waals surface area (Å²) in [7, 11) is 0. The lowest BCUT2D eigenvalue weighted by atomic mass is 9.93. The summed E-state index contributed by atoms with van der Waals surface area (Å²) in [6.07, 6.45) is 6.33. The highest BCUT2D eigenvalue weighted by Crippen LogP contribution is 2.24. The fraction of sp³-hybridized carbons (Fsp3) is 0.583. The molecule has 0 spiro atoms. The van der Waals surface area contributed by atoms with E-state index in [4.69, 9.17) is 0 Å². The molecule has 0 bridgehead atoms. The Hall–Kier alpha value is -0.630. The Bertz CT molecular complexity index is 289. The number of hydrogen-bond donors (Lipinski definition) is 0. The van der Waals surface area contributed by atoms with E-state index < -0.39 is 0 Å². The van der Waals surface area contributed by atoms with Gasteiger partial charge in [0, 0.05) is 12.8 Å². The second-order valence-electron chi connectivity index (χ2n) is 4.19. The van der Waals surface area contributed by atoms with Gasteiger partial charge in [0.25, 0.3) is 0 Å². The molecule has 1 aromatic heterocycles. The zero-order valence-corrected chi connectivity index (χ0v) is 9.19. The quantitative estimate of drug-likeness (QED) is 0.680.